The molecule has 2 rings (SSSR count). The Morgan fingerprint density at radius 3 is 2.47 bits per heavy atom. The Hall–Kier alpha value is -0.960. The van der Waals surface area contributed by atoms with Crippen LogP contribution in [0, 0.1) is 0 Å². The molecule has 2 N–H and O–H groups in total. The zero-order valence-corrected chi connectivity index (χ0v) is 10.5. The summed E-state index contributed by atoms with van der Waals surface area (Å²) in [5.74, 6) is 0.621. The van der Waals surface area contributed by atoms with Crippen molar-refractivity contribution in [1.82, 2.24) is 14.3 Å². The number of nitrogens with zero attached hydrogens (tertiary/aromatic N) is 4. The van der Waals surface area contributed by atoms with Crippen molar-refractivity contribution in [2.45, 2.75) is 0 Å². The second-order valence-electron chi connectivity index (χ2n) is 3.63. The molecular formula is C8H12ClN5O2S. The van der Waals surface area contributed by atoms with Crippen LogP contribution in [0.3, 0.4) is 0 Å². The lowest BCUT2D eigenvalue weighted by Gasteiger charge is -2.33. The highest BCUT2D eigenvalue weighted by molar-refractivity contribution is 7.86. The number of rotatable bonds is 2. The zero-order valence-electron chi connectivity index (χ0n) is 8.95. The zero-order chi connectivity index (χ0) is 12.5. The molecule has 0 aliphatic carbocycles. The number of piperazine rings is 1. The summed E-state index contributed by atoms with van der Waals surface area (Å²) >= 11 is 5.96. The van der Waals surface area contributed by atoms with Crippen molar-refractivity contribution in [3.63, 3.8) is 0 Å². The van der Waals surface area contributed by atoms with E-state index in [0.717, 1.165) is 0 Å². The Kier molecular flexibility index (Phi) is 3.48. The predicted octanol–water partition coefficient (Wildman–Crippen LogP) is -0.544. The molecule has 0 unspecified atom stereocenters. The topological polar surface area (TPSA) is 92.4 Å². The first-order valence-corrected chi connectivity index (χ1v) is 6.85. The number of halogens is 1. The van der Waals surface area contributed by atoms with Crippen LogP contribution in [0.2, 0.25) is 5.02 Å². The minimum atomic E-state index is -3.60. The van der Waals surface area contributed by atoms with Gasteiger partial charge in [-0.15, -0.1) is 0 Å². The molecule has 94 valence electrons. The average Bonchev–Trinajstić information content (AvgIpc) is 2.29. The van der Waals surface area contributed by atoms with E-state index >= 15 is 0 Å². The van der Waals surface area contributed by atoms with Gasteiger partial charge in [0.1, 0.15) is 11.3 Å². The van der Waals surface area contributed by atoms with E-state index < -0.39 is 10.2 Å². The molecule has 1 aliphatic rings. The van der Waals surface area contributed by atoms with Crippen LogP contribution in [-0.4, -0.2) is 48.9 Å². The van der Waals surface area contributed by atoms with Crippen LogP contribution in [0.1, 0.15) is 0 Å². The van der Waals surface area contributed by atoms with Gasteiger partial charge in [0.2, 0.25) is 0 Å². The molecule has 2 heterocycles. The Morgan fingerprint density at radius 2 is 1.94 bits per heavy atom. The fourth-order valence-electron chi connectivity index (χ4n) is 1.69. The van der Waals surface area contributed by atoms with E-state index in [9.17, 15) is 8.42 Å². The second-order valence-corrected chi connectivity index (χ2v) is 5.58. The number of hydrogen-bond donors (Lipinski definition) is 1. The summed E-state index contributed by atoms with van der Waals surface area (Å²) < 4.78 is 23.5. The highest BCUT2D eigenvalue weighted by Gasteiger charge is 2.25. The molecule has 0 bridgehead atoms. The number of anilines is 1. The highest BCUT2D eigenvalue weighted by Crippen LogP contribution is 2.22. The smallest absolute Gasteiger partial charge is 0.277 e. The van der Waals surface area contributed by atoms with E-state index in [-0.39, 0.29) is 0 Å². The Balaban J connectivity index is 2.08. The fourth-order valence-corrected chi connectivity index (χ4v) is 2.59. The van der Waals surface area contributed by atoms with Gasteiger partial charge in [0.15, 0.2) is 5.82 Å². The van der Waals surface area contributed by atoms with Crippen molar-refractivity contribution in [3.05, 3.63) is 17.5 Å². The monoisotopic (exact) mass is 277 g/mol. The third kappa shape index (κ3) is 2.83. The van der Waals surface area contributed by atoms with Gasteiger partial charge in [-0.2, -0.15) is 12.7 Å². The van der Waals surface area contributed by atoms with E-state index in [0.29, 0.717) is 37.0 Å². The molecular weight excluding hydrogens is 266 g/mol. The molecule has 0 aromatic carbocycles. The third-order valence-corrected chi connectivity index (χ3v) is 3.90. The summed E-state index contributed by atoms with van der Waals surface area (Å²) in [5.41, 5.74) is 0. The molecule has 1 fully saturated rings. The molecule has 7 nitrogen and oxygen atoms in total. The van der Waals surface area contributed by atoms with Crippen molar-refractivity contribution in [3.8, 4) is 0 Å². The number of aromatic nitrogens is 2. The van der Waals surface area contributed by atoms with Gasteiger partial charge in [-0.25, -0.2) is 15.1 Å². The second kappa shape index (κ2) is 4.73. The van der Waals surface area contributed by atoms with Crippen molar-refractivity contribution in [2.24, 2.45) is 5.14 Å². The fraction of sp³-hybridized carbons (Fsp3) is 0.500. The first kappa shape index (κ1) is 12.5. The first-order valence-electron chi connectivity index (χ1n) is 4.97. The Labute approximate surface area is 104 Å². The average molecular weight is 278 g/mol. The van der Waals surface area contributed by atoms with Gasteiger partial charge in [-0.1, -0.05) is 11.6 Å². The van der Waals surface area contributed by atoms with E-state index in [1.54, 1.807) is 0 Å². The Bertz CT molecular complexity index is 500. The van der Waals surface area contributed by atoms with E-state index in [2.05, 4.69) is 9.97 Å². The lowest BCUT2D eigenvalue weighted by Crippen LogP contribution is -2.51. The van der Waals surface area contributed by atoms with Gasteiger partial charge >= 0.3 is 0 Å². The van der Waals surface area contributed by atoms with E-state index in [1.807, 2.05) is 4.90 Å². The molecule has 0 amide bonds. The summed E-state index contributed by atoms with van der Waals surface area (Å²) in [4.78, 5) is 9.78. The van der Waals surface area contributed by atoms with Crippen molar-refractivity contribution in [1.29, 1.82) is 0 Å². The molecule has 0 saturated carbocycles. The predicted molar refractivity (Wildman–Crippen MR) is 63.9 cm³/mol. The molecule has 1 aliphatic heterocycles. The molecule has 0 spiro atoms. The van der Waals surface area contributed by atoms with Crippen LogP contribution in [0.15, 0.2) is 12.5 Å². The quantitative estimate of drug-likeness (QED) is 0.783. The summed E-state index contributed by atoms with van der Waals surface area (Å²) in [7, 11) is -3.60. The van der Waals surface area contributed by atoms with E-state index in [4.69, 9.17) is 16.7 Å². The molecule has 9 heteroatoms. The van der Waals surface area contributed by atoms with Gasteiger partial charge in [0.05, 0.1) is 6.20 Å². The highest BCUT2D eigenvalue weighted by atomic mass is 35.5. The van der Waals surface area contributed by atoms with Crippen molar-refractivity contribution >= 4 is 27.6 Å². The number of hydrogen-bond acceptors (Lipinski definition) is 5. The molecule has 1 saturated heterocycles. The maximum atomic E-state index is 11.1. The molecule has 17 heavy (non-hydrogen) atoms. The standard InChI is InChI=1S/C8H12ClN5O2S/c9-7-5-11-6-12-8(7)13-1-3-14(4-2-13)17(10,15)16/h5-6H,1-4H2,(H2,10,15,16). The van der Waals surface area contributed by atoms with Crippen molar-refractivity contribution < 1.29 is 8.42 Å². The van der Waals surface area contributed by atoms with Crippen LogP contribution in [0.25, 0.3) is 0 Å². The van der Waals surface area contributed by atoms with Crippen LogP contribution < -0.4 is 10.0 Å². The van der Waals surface area contributed by atoms with E-state index in [1.165, 1.54) is 16.8 Å². The van der Waals surface area contributed by atoms with Crippen LogP contribution in [0.4, 0.5) is 5.82 Å². The van der Waals surface area contributed by atoms with Gasteiger partial charge in [-0.05, 0) is 0 Å². The number of nitrogens with two attached hydrogens (primary N) is 1. The normalized spacial score (nSPS) is 18.4. The summed E-state index contributed by atoms with van der Waals surface area (Å²) in [6.07, 6.45) is 2.92. The summed E-state index contributed by atoms with van der Waals surface area (Å²) in [5, 5.41) is 5.51. The van der Waals surface area contributed by atoms with Crippen molar-refractivity contribution in [2.75, 3.05) is 31.1 Å². The maximum absolute atomic E-state index is 11.1. The summed E-state index contributed by atoms with van der Waals surface area (Å²) in [6.45, 7) is 1.68. The molecule has 1 aromatic heterocycles. The molecule has 1 aromatic rings. The summed E-state index contributed by atoms with van der Waals surface area (Å²) in [6, 6.07) is 0. The van der Waals surface area contributed by atoms with Crippen LogP contribution in [0.5, 0.6) is 0 Å². The third-order valence-electron chi connectivity index (χ3n) is 2.55. The Morgan fingerprint density at radius 1 is 1.29 bits per heavy atom. The van der Waals surface area contributed by atoms with Gasteiger partial charge in [0, 0.05) is 26.2 Å². The minimum absolute atomic E-state index is 0.333. The molecule has 0 atom stereocenters. The maximum Gasteiger partial charge on any atom is 0.277 e. The van der Waals surface area contributed by atoms with Crippen LogP contribution in [-0.2, 0) is 10.2 Å². The lowest BCUT2D eigenvalue weighted by molar-refractivity contribution is 0.384. The SMILES string of the molecule is NS(=O)(=O)N1CCN(c2ncncc2Cl)CC1. The minimum Gasteiger partial charge on any atom is -0.353 e. The molecule has 0 radical (unpaired) electrons. The van der Waals surface area contributed by atoms with Gasteiger partial charge in [0.25, 0.3) is 10.2 Å². The van der Waals surface area contributed by atoms with Crippen LogP contribution >= 0.6 is 11.6 Å². The lowest BCUT2D eigenvalue weighted by atomic mass is 10.3. The van der Waals surface area contributed by atoms with Gasteiger partial charge in [-0.3, -0.25) is 0 Å². The van der Waals surface area contributed by atoms with Gasteiger partial charge < -0.3 is 4.90 Å². The largest absolute Gasteiger partial charge is 0.353 e. The first-order chi connectivity index (χ1) is 7.98.